The summed E-state index contributed by atoms with van der Waals surface area (Å²) in [5.74, 6) is -0.619. The molecule has 1 aromatic carbocycles. The van der Waals surface area contributed by atoms with Crippen LogP contribution in [0.1, 0.15) is 16.1 Å². The molecule has 0 radical (unpaired) electrons. The molecule has 0 aliphatic rings. The SMILES string of the molecule is Cn1cc(Br)c(C(=O)Nc2cnn(Cc3cccc(F)c3)c2)n1. The van der Waals surface area contributed by atoms with Crippen LogP contribution in [-0.4, -0.2) is 25.5 Å². The Hall–Kier alpha value is -2.48. The van der Waals surface area contributed by atoms with Gasteiger partial charge in [-0.2, -0.15) is 10.2 Å². The number of nitrogens with one attached hydrogen (secondary N) is 1. The topological polar surface area (TPSA) is 64.7 Å². The number of benzene rings is 1. The van der Waals surface area contributed by atoms with Crippen molar-refractivity contribution in [3.8, 4) is 0 Å². The first-order valence-electron chi connectivity index (χ1n) is 6.78. The molecule has 1 amide bonds. The van der Waals surface area contributed by atoms with Gasteiger partial charge < -0.3 is 5.32 Å². The molecule has 0 bridgehead atoms. The standard InChI is InChI=1S/C15H13BrFN5O/c1-21-9-13(16)14(20-21)15(23)19-12-6-18-22(8-12)7-10-3-2-4-11(17)5-10/h2-6,8-9H,7H2,1H3,(H,19,23). The van der Waals surface area contributed by atoms with E-state index < -0.39 is 0 Å². The van der Waals surface area contributed by atoms with Gasteiger partial charge in [0, 0.05) is 19.4 Å². The lowest BCUT2D eigenvalue weighted by Gasteiger charge is -2.02. The Balaban J connectivity index is 1.70. The van der Waals surface area contributed by atoms with Gasteiger partial charge in [0.2, 0.25) is 0 Å². The monoisotopic (exact) mass is 377 g/mol. The van der Waals surface area contributed by atoms with Crippen molar-refractivity contribution in [2.45, 2.75) is 6.54 Å². The number of hydrogen-bond donors (Lipinski definition) is 1. The lowest BCUT2D eigenvalue weighted by Crippen LogP contribution is -2.13. The van der Waals surface area contributed by atoms with Gasteiger partial charge in [0.25, 0.3) is 5.91 Å². The molecule has 0 saturated heterocycles. The van der Waals surface area contributed by atoms with Crippen molar-refractivity contribution in [3.05, 3.63) is 64.4 Å². The van der Waals surface area contributed by atoms with Crippen LogP contribution in [-0.2, 0) is 13.6 Å². The number of nitrogens with zero attached hydrogens (tertiary/aromatic N) is 4. The highest BCUT2D eigenvalue weighted by molar-refractivity contribution is 9.10. The average molecular weight is 378 g/mol. The summed E-state index contributed by atoms with van der Waals surface area (Å²) in [5.41, 5.74) is 1.63. The molecular formula is C15H13BrFN5O. The lowest BCUT2D eigenvalue weighted by molar-refractivity contribution is 0.102. The van der Waals surface area contributed by atoms with Gasteiger partial charge in [-0.15, -0.1) is 0 Å². The van der Waals surface area contributed by atoms with E-state index in [0.29, 0.717) is 22.4 Å². The molecule has 0 spiro atoms. The number of amides is 1. The zero-order valence-corrected chi connectivity index (χ0v) is 13.8. The lowest BCUT2D eigenvalue weighted by atomic mass is 10.2. The van der Waals surface area contributed by atoms with Gasteiger partial charge in [0.15, 0.2) is 5.69 Å². The van der Waals surface area contributed by atoms with E-state index in [4.69, 9.17) is 0 Å². The molecule has 0 fully saturated rings. The Labute approximate surface area is 140 Å². The van der Waals surface area contributed by atoms with Crippen LogP contribution in [0, 0.1) is 5.82 Å². The van der Waals surface area contributed by atoms with Crippen LogP contribution in [0.3, 0.4) is 0 Å². The van der Waals surface area contributed by atoms with E-state index in [2.05, 4.69) is 31.4 Å². The Kier molecular flexibility index (Phi) is 4.24. The summed E-state index contributed by atoms with van der Waals surface area (Å²) in [5, 5.41) is 11.0. The first-order chi connectivity index (χ1) is 11.0. The highest BCUT2D eigenvalue weighted by Gasteiger charge is 2.15. The van der Waals surface area contributed by atoms with Crippen LogP contribution in [0.2, 0.25) is 0 Å². The van der Waals surface area contributed by atoms with E-state index in [1.54, 1.807) is 34.9 Å². The zero-order valence-electron chi connectivity index (χ0n) is 12.2. The van der Waals surface area contributed by atoms with Gasteiger partial charge in [0.1, 0.15) is 5.82 Å². The number of rotatable bonds is 4. The second-order valence-corrected chi connectivity index (χ2v) is 5.86. The number of carbonyl (C=O) groups excluding carboxylic acids is 1. The molecule has 2 heterocycles. The van der Waals surface area contributed by atoms with Crippen molar-refractivity contribution in [2.75, 3.05) is 5.32 Å². The summed E-state index contributed by atoms with van der Waals surface area (Å²) in [6.45, 7) is 0.418. The van der Waals surface area contributed by atoms with Gasteiger partial charge in [-0.05, 0) is 33.6 Å². The van der Waals surface area contributed by atoms with Crippen LogP contribution in [0.5, 0.6) is 0 Å². The predicted molar refractivity (Wildman–Crippen MR) is 86.6 cm³/mol. The summed E-state index contributed by atoms with van der Waals surface area (Å²) in [4.78, 5) is 12.2. The van der Waals surface area contributed by atoms with Crippen LogP contribution in [0.15, 0.2) is 47.3 Å². The first-order valence-corrected chi connectivity index (χ1v) is 7.58. The van der Waals surface area contributed by atoms with Crippen molar-refractivity contribution in [3.63, 3.8) is 0 Å². The summed E-state index contributed by atoms with van der Waals surface area (Å²) < 4.78 is 17.0. The summed E-state index contributed by atoms with van der Waals surface area (Å²) in [6, 6.07) is 6.30. The second kappa shape index (κ2) is 6.33. The predicted octanol–water partition coefficient (Wildman–Crippen LogP) is 2.82. The second-order valence-electron chi connectivity index (χ2n) is 5.01. The molecule has 1 N–H and O–H groups in total. The molecule has 0 saturated carbocycles. The maximum Gasteiger partial charge on any atom is 0.277 e. The van der Waals surface area contributed by atoms with Crippen molar-refractivity contribution in [2.24, 2.45) is 7.05 Å². The molecular weight excluding hydrogens is 365 g/mol. The fourth-order valence-corrected chi connectivity index (χ4v) is 2.70. The zero-order chi connectivity index (χ0) is 16.4. The highest BCUT2D eigenvalue weighted by Crippen LogP contribution is 2.16. The molecule has 8 heteroatoms. The quantitative estimate of drug-likeness (QED) is 0.760. The average Bonchev–Trinajstić information content (AvgIpc) is 3.05. The van der Waals surface area contributed by atoms with E-state index >= 15 is 0 Å². The normalized spacial score (nSPS) is 10.7. The largest absolute Gasteiger partial charge is 0.318 e. The van der Waals surface area contributed by atoms with Crippen molar-refractivity contribution in [1.82, 2.24) is 19.6 Å². The molecule has 0 unspecified atom stereocenters. The van der Waals surface area contributed by atoms with E-state index in [0.717, 1.165) is 5.56 Å². The molecule has 118 valence electrons. The smallest absolute Gasteiger partial charge is 0.277 e. The molecule has 23 heavy (non-hydrogen) atoms. The fraction of sp³-hybridized carbons (Fsp3) is 0.133. The Morgan fingerprint density at radius 1 is 1.39 bits per heavy atom. The molecule has 2 aromatic heterocycles. The summed E-state index contributed by atoms with van der Waals surface area (Å²) in [7, 11) is 1.73. The maximum absolute atomic E-state index is 13.2. The van der Waals surface area contributed by atoms with Gasteiger partial charge in [0.05, 0.1) is 22.9 Å². The third-order valence-corrected chi connectivity index (χ3v) is 3.70. The van der Waals surface area contributed by atoms with Crippen molar-refractivity contribution < 1.29 is 9.18 Å². The van der Waals surface area contributed by atoms with Gasteiger partial charge in [-0.1, -0.05) is 12.1 Å². The molecule has 3 aromatic rings. The van der Waals surface area contributed by atoms with Crippen molar-refractivity contribution in [1.29, 1.82) is 0 Å². The third-order valence-electron chi connectivity index (χ3n) is 3.12. The Morgan fingerprint density at radius 2 is 2.22 bits per heavy atom. The maximum atomic E-state index is 13.2. The van der Waals surface area contributed by atoms with Crippen LogP contribution in [0.25, 0.3) is 0 Å². The van der Waals surface area contributed by atoms with E-state index in [-0.39, 0.29) is 11.7 Å². The molecule has 0 atom stereocenters. The minimum absolute atomic E-state index is 0.289. The Morgan fingerprint density at radius 3 is 2.91 bits per heavy atom. The van der Waals surface area contributed by atoms with Crippen molar-refractivity contribution >= 4 is 27.5 Å². The number of aromatic nitrogens is 4. The van der Waals surface area contributed by atoms with E-state index in [1.807, 2.05) is 6.07 Å². The van der Waals surface area contributed by atoms with E-state index in [9.17, 15) is 9.18 Å². The van der Waals surface area contributed by atoms with Gasteiger partial charge >= 0.3 is 0 Å². The number of aryl methyl sites for hydroxylation is 1. The van der Waals surface area contributed by atoms with Crippen LogP contribution >= 0.6 is 15.9 Å². The number of halogens is 2. The highest BCUT2D eigenvalue weighted by atomic mass is 79.9. The van der Waals surface area contributed by atoms with E-state index in [1.165, 1.54) is 18.3 Å². The fourth-order valence-electron chi connectivity index (χ4n) is 2.14. The Bertz CT molecular complexity index is 857. The number of carbonyl (C=O) groups is 1. The van der Waals surface area contributed by atoms with Gasteiger partial charge in [-0.25, -0.2) is 4.39 Å². The minimum Gasteiger partial charge on any atom is -0.318 e. The molecule has 0 aliphatic carbocycles. The number of anilines is 1. The summed E-state index contributed by atoms with van der Waals surface area (Å²) >= 11 is 3.29. The summed E-state index contributed by atoms with van der Waals surface area (Å²) in [6.07, 6.45) is 4.91. The molecule has 6 nitrogen and oxygen atoms in total. The minimum atomic E-state index is -0.331. The molecule has 3 rings (SSSR count). The first kappa shape index (κ1) is 15.4. The number of hydrogen-bond acceptors (Lipinski definition) is 3. The van der Waals surface area contributed by atoms with Crippen LogP contribution < -0.4 is 5.32 Å². The third kappa shape index (κ3) is 3.65. The van der Waals surface area contributed by atoms with Gasteiger partial charge in [-0.3, -0.25) is 14.2 Å². The van der Waals surface area contributed by atoms with Crippen LogP contribution in [0.4, 0.5) is 10.1 Å². The molecule has 0 aliphatic heterocycles.